The van der Waals surface area contributed by atoms with Gasteiger partial charge < -0.3 is 19.7 Å². The second kappa shape index (κ2) is 9.94. The van der Waals surface area contributed by atoms with E-state index in [9.17, 15) is 33.0 Å². The van der Waals surface area contributed by atoms with Crippen LogP contribution in [-0.2, 0) is 33.7 Å². The summed E-state index contributed by atoms with van der Waals surface area (Å²) in [7, 11) is -3.13. The van der Waals surface area contributed by atoms with Gasteiger partial charge in [-0.1, -0.05) is 33.8 Å². The molecule has 8 atom stereocenters. The van der Waals surface area contributed by atoms with Crippen LogP contribution in [0.4, 0.5) is 0 Å². The second-order valence-corrected chi connectivity index (χ2v) is 17.1. The number of esters is 1. The van der Waals surface area contributed by atoms with Crippen LogP contribution in [0.1, 0.15) is 85.0 Å². The molecule has 2 heterocycles. The highest BCUT2D eigenvalue weighted by atomic mass is 32.2. The van der Waals surface area contributed by atoms with Crippen LogP contribution in [0.25, 0.3) is 0 Å². The van der Waals surface area contributed by atoms with E-state index in [1.807, 2.05) is 20.8 Å². The van der Waals surface area contributed by atoms with Crippen molar-refractivity contribution in [3.63, 3.8) is 0 Å². The standard InChI is InChI=1S/C32H46O9S/c1-5-6-15-42(38,39)16-19-7-9-20(10-8-19)28(36)41-27-21-11-12-22-30-17-40-32(37,31(22,27)25(34)18(21)2)26(35)24(30)29(3,4)14-13-23(30)33/h19-22,24,26-27,35,37H,2,5-17H2,1,3-4H3/t19?,20?,21-,22-,24+,26-,27+,30+,31-,32-/m0/s1. The first kappa shape index (κ1) is 30.4. The fourth-order valence-corrected chi connectivity index (χ4v) is 12.3. The van der Waals surface area contributed by atoms with Crippen LogP contribution in [0.5, 0.6) is 0 Å². The number of fused-ring (bicyclic) bond motifs is 2. The third kappa shape index (κ3) is 3.89. The molecule has 0 unspecified atom stereocenters. The Hall–Kier alpha value is -1.62. The van der Waals surface area contributed by atoms with Crippen LogP contribution in [-0.4, -0.2) is 72.3 Å². The number of hydrogen-bond acceptors (Lipinski definition) is 9. The van der Waals surface area contributed by atoms with Gasteiger partial charge in [0, 0.05) is 18.3 Å². The summed E-state index contributed by atoms with van der Waals surface area (Å²) in [5, 5.41) is 24.1. The van der Waals surface area contributed by atoms with Crippen molar-refractivity contribution in [2.24, 2.45) is 45.8 Å². The summed E-state index contributed by atoms with van der Waals surface area (Å²) in [6.07, 6.45) is 2.85. The van der Waals surface area contributed by atoms with Crippen molar-refractivity contribution in [3.8, 4) is 0 Å². The first-order valence-electron chi connectivity index (χ1n) is 15.9. The van der Waals surface area contributed by atoms with Crippen molar-refractivity contribution in [2.75, 3.05) is 18.1 Å². The smallest absolute Gasteiger partial charge is 0.309 e. The number of carbonyl (C=O) groups excluding carboxylic acids is 3. The molecule has 0 radical (unpaired) electrons. The molecule has 4 bridgehead atoms. The van der Waals surface area contributed by atoms with E-state index in [0.717, 1.165) is 6.42 Å². The zero-order chi connectivity index (χ0) is 30.5. The van der Waals surface area contributed by atoms with E-state index < -0.39 is 79.5 Å². The number of Topliss-reactive ketones (excluding diaryl/α,β-unsaturated/α-hetero) is 2. The molecule has 7 rings (SSSR count). The van der Waals surface area contributed by atoms with E-state index >= 15 is 0 Å². The average Bonchev–Trinajstić information content (AvgIpc) is 3.05. The maximum absolute atomic E-state index is 14.2. The molecule has 9 nitrogen and oxygen atoms in total. The van der Waals surface area contributed by atoms with E-state index in [2.05, 4.69) is 6.58 Å². The number of aliphatic hydroxyl groups is 2. The molecule has 234 valence electrons. The topological polar surface area (TPSA) is 144 Å². The lowest BCUT2D eigenvalue weighted by Crippen LogP contribution is -2.85. The Labute approximate surface area is 248 Å². The second-order valence-electron chi connectivity index (χ2n) is 14.9. The van der Waals surface area contributed by atoms with E-state index in [-0.39, 0.29) is 35.4 Å². The van der Waals surface area contributed by atoms with Crippen molar-refractivity contribution in [3.05, 3.63) is 12.2 Å². The number of sulfone groups is 1. The fourth-order valence-electron chi connectivity index (χ4n) is 10.4. The van der Waals surface area contributed by atoms with Crippen LogP contribution in [0.2, 0.25) is 0 Å². The summed E-state index contributed by atoms with van der Waals surface area (Å²) in [5.74, 6) is -5.23. The lowest BCUT2D eigenvalue weighted by atomic mass is 9.36. The van der Waals surface area contributed by atoms with Gasteiger partial charge in [0.1, 0.15) is 23.4 Å². The Morgan fingerprint density at radius 1 is 1.12 bits per heavy atom. The molecule has 0 amide bonds. The molecule has 2 aliphatic heterocycles. The minimum atomic E-state index is -3.13. The molecule has 7 fully saturated rings. The van der Waals surface area contributed by atoms with Gasteiger partial charge in [0.2, 0.25) is 5.79 Å². The average molecular weight is 607 g/mol. The molecular weight excluding hydrogens is 560 g/mol. The fraction of sp³-hybridized carbons (Fsp3) is 0.844. The van der Waals surface area contributed by atoms with E-state index in [1.165, 1.54) is 0 Å². The third-order valence-electron chi connectivity index (χ3n) is 12.3. The normalized spacial score (nSPS) is 45.8. The predicted molar refractivity (Wildman–Crippen MR) is 153 cm³/mol. The predicted octanol–water partition coefficient (Wildman–Crippen LogP) is 3.16. The van der Waals surface area contributed by atoms with Crippen LogP contribution in [0, 0.1) is 45.8 Å². The van der Waals surface area contributed by atoms with Crippen LogP contribution in [0.15, 0.2) is 12.2 Å². The summed E-state index contributed by atoms with van der Waals surface area (Å²) in [6.45, 7) is 9.94. The van der Waals surface area contributed by atoms with Crippen LogP contribution >= 0.6 is 0 Å². The van der Waals surface area contributed by atoms with Crippen molar-refractivity contribution in [1.29, 1.82) is 0 Å². The molecule has 42 heavy (non-hydrogen) atoms. The largest absolute Gasteiger partial charge is 0.460 e. The highest BCUT2D eigenvalue weighted by Crippen LogP contribution is 2.76. The zero-order valence-corrected chi connectivity index (χ0v) is 25.9. The maximum Gasteiger partial charge on any atom is 0.309 e. The maximum atomic E-state index is 14.2. The Morgan fingerprint density at radius 3 is 2.48 bits per heavy atom. The third-order valence-corrected chi connectivity index (χ3v) is 14.2. The molecule has 10 heteroatoms. The van der Waals surface area contributed by atoms with Gasteiger partial charge in [-0.15, -0.1) is 0 Å². The molecule has 2 saturated heterocycles. The number of ether oxygens (including phenoxy) is 2. The number of carbonyl (C=O) groups is 3. The molecule has 5 saturated carbocycles. The van der Waals surface area contributed by atoms with Gasteiger partial charge in [-0.05, 0) is 74.2 Å². The quantitative estimate of drug-likeness (QED) is 0.330. The Kier molecular flexibility index (Phi) is 7.20. The Bertz CT molecular complexity index is 1300. The van der Waals surface area contributed by atoms with Crippen LogP contribution in [0.3, 0.4) is 0 Å². The number of hydrogen-bond donors (Lipinski definition) is 2. The lowest BCUT2D eigenvalue weighted by molar-refractivity contribution is -0.437. The number of rotatable bonds is 7. The van der Waals surface area contributed by atoms with Crippen molar-refractivity contribution in [1.82, 2.24) is 0 Å². The molecule has 2 spiro atoms. The highest BCUT2D eigenvalue weighted by molar-refractivity contribution is 7.91. The van der Waals surface area contributed by atoms with E-state index in [4.69, 9.17) is 9.47 Å². The molecule has 5 aliphatic carbocycles. The van der Waals surface area contributed by atoms with Gasteiger partial charge in [-0.25, -0.2) is 8.42 Å². The monoisotopic (exact) mass is 606 g/mol. The van der Waals surface area contributed by atoms with Crippen molar-refractivity contribution in [2.45, 2.75) is 103 Å². The Balaban J connectivity index is 1.28. The van der Waals surface area contributed by atoms with Gasteiger partial charge in [0.05, 0.1) is 29.4 Å². The summed E-state index contributed by atoms with van der Waals surface area (Å²) in [6, 6.07) is 0. The molecule has 2 N–H and O–H groups in total. The molecular formula is C32H46O9S. The minimum absolute atomic E-state index is 0.00105. The number of aliphatic hydroxyl groups excluding tert-OH is 1. The SMILES string of the molecule is C=C1C(=O)[C@]23[C@H](OC(=O)C4CCC(CS(=O)(=O)CCCC)CC4)[C@H]1CC[C@H]2[C@@]12CO[C@@]3(O)[C@@H](O)[C@@H]1C(C)(C)CCC2=O. The summed E-state index contributed by atoms with van der Waals surface area (Å²) in [5.41, 5.74) is -3.19. The van der Waals surface area contributed by atoms with Gasteiger partial charge in [0.25, 0.3) is 0 Å². The lowest BCUT2D eigenvalue weighted by Gasteiger charge is -2.73. The summed E-state index contributed by atoms with van der Waals surface area (Å²) in [4.78, 5) is 41.8. The van der Waals surface area contributed by atoms with Crippen LogP contribution < -0.4 is 0 Å². The number of unbranched alkanes of at least 4 members (excludes halogenated alkanes) is 1. The molecule has 0 aromatic carbocycles. The summed E-state index contributed by atoms with van der Waals surface area (Å²) >= 11 is 0. The first-order valence-corrected chi connectivity index (χ1v) is 17.7. The zero-order valence-electron chi connectivity index (χ0n) is 25.1. The van der Waals surface area contributed by atoms with E-state index in [0.29, 0.717) is 57.8 Å². The van der Waals surface area contributed by atoms with E-state index in [1.54, 1.807) is 0 Å². The van der Waals surface area contributed by atoms with Crippen molar-refractivity contribution >= 4 is 27.4 Å². The molecule has 7 aliphatic rings. The Morgan fingerprint density at radius 2 is 1.81 bits per heavy atom. The molecule has 0 aromatic heterocycles. The van der Waals surface area contributed by atoms with Crippen molar-refractivity contribution < 1.29 is 42.5 Å². The highest BCUT2D eigenvalue weighted by Gasteiger charge is 2.88. The molecule has 0 aromatic rings. The van der Waals surface area contributed by atoms with Gasteiger partial charge in [0.15, 0.2) is 15.6 Å². The van der Waals surface area contributed by atoms with Gasteiger partial charge in [-0.2, -0.15) is 0 Å². The summed E-state index contributed by atoms with van der Waals surface area (Å²) < 4.78 is 37.2. The number of ketones is 2. The van der Waals surface area contributed by atoms with Gasteiger partial charge >= 0.3 is 5.97 Å². The van der Waals surface area contributed by atoms with Gasteiger partial charge in [-0.3, -0.25) is 14.4 Å². The minimum Gasteiger partial charge on any atom is -0.460 e. The first-order chi connectivity index (χ1) is 19.7.